The number of esters is 1. The summed E-state index contributed by atoms with van der Waals surface area (Å²) in [4.78, 5) is 11.5. The molecule has 0 aromatic heterocycles. The van der Waals surface area contributed by atoms with Gasteiger partial charge in [-0.1, -0.05) is 32.9 Å². The predicted octanol–water partition coefficient (Wildman–Crippen LogP) is 3.32. The average molecular weight is 280 g/mol. The number of carbonyl (C=O) groups excluding carboxylic acids is 1. The van der Waals surface area contributed by atoms with Crippen molar-refractivity contribution in [2.45, 2.75) is 65.6 Å². The van der Waals surface area contributed by atoms with Crippen molar-refractivity contribution in [2.75, 3.05) is 0 Å². The van der Waals surface area contributed by atoms with Crippen LogP contribution in [0.15, 0.2) is 12.2 Å². The van der Waals surface area contributed by atoms with Crippen LogP contribution in [0.3, 0.4) is 0 Å². The summed E-state index contributed by atoms with van der Waals surface area (Å²) >= 11 is 0. The van der Waals surface area contributed by atoms with E-state index in [0.29, 0.717) is 11.8 Å². The quantitative estimate of drug-likeness (QED) is 0.623. The second kappa shape index (κ2) is 5.51. The Bertz CT molecular complexity index is 401. The SMILES string of the molecule is C=C1CC[C@@H](O)[C@]2(C)CC[C@@H](C(C)C)[C@@H](OC(C)=O)[C@@H]12. The zero-order valence-electron chi connectivity index (χ0n) is 13.2. The Hall–Kier alpha value is -0.830. The van der Waals surface area contributed by atoms with Crippen molar-refractivity contribution in [3.05, 3.63) is 12.2 Å². The number of hydrogen-bond donors (Lipinski definition) is 1. The molecule has 0 radical (unpaired) electrons. The van der Waals surface area contributed by atoms with E-state index < -0.39 is 0 Å². The molecule has 0 heterocycles. The van der Waals surface area contributed by atoms with Crippen LogP contribution in [0.4, 0.5) is 0 Å². The van der Waals surface area contributed by atoms with Gasteiger partial charge in [-0.05, 0) is 37.5 Å². The van der Waals surface area contributed by atoms with Crippen LogP contribution < -0.4 is 0 Å². The van der Waals surface area contributed by atoms with Gasteiger partial charge < -0.3 is 9.84 Å². The first-order chi connectivity index (χ1) is 9.27. The summed E-state index contributed by atoms with van der Waals surface area (Å²) in [5, 5.41) is 10.5. The summed E-state index contributed by atoms with van der Waals surface area (Å²) in [5.41, 5.74) is 0.954. The molecule has 0 saturated heterocycles. The predicted molar refractivity (Wildman–Crippen MR) is 79.1 cm³/mol. The third-order valence-corrected chi connectivity index (χ3v) is 5.58. The van der Waals surface area contributed by atoms with E-state index in [9.17, 15) is 9.90 Å². The van der Waals surface area contributed by atoms with Crippen LogP contribution in [-0.4, -0.2) is 23.3 Å². The van der Waals surface area contributed by atoms with Gasteiger partial charge in [0.2, 0.25) is 0 Å². The first-order valence-electron chi connectivity index (χ1n) is 7.80. The molecule has 0 aromatic rings. The molecule has 0 amide bonds. The van der Waals surface area contributed by atoms with Crippen molar-refractivity contribution in [2.24, 2.45) is 23.2 Å². The minimum absolute atomic E-state index is 0.0938. The molecule has 3 nitrogen and oxygen atoms in total. The Morgan fingerprint density at radius 3 is 2.65 bits per heavy atom. The van der Waals surface area contributed by atoms with E-state index in [1.807, 2.05) is 0 Å². The molecular formula is C17H28O3. The van der Waals surface area contributed by atoms with Crippen LogP contribution >= 0.6 is 0 Å². The first kappa shape index (κ1) is 15.6. The molecular weight excluding hydrogens is 252 g/mol. The highest BCUT2D eigenvalue weighted by molar-refractivity contribution is 5.66. The van der Waals surface area contributed by atoms with Crippen LogP contribution in [0.25, 0.3) is 0 Å². The van der Waals surface area contributed by atoms with E-state index in [0.717, 1.165) is 31.3 Å². The molecule has 0 spiro atoms. The van der Waals surface area contributed by atoms with Gasteiger partial charge in [0.1, 0.15) is 6.10 Å². The van der Waals surface area contributed by atoms with Crippen molar-refractivity contribution >= 4 is 5.97 Å². The van der Waals surface area contributed by atoms with E-state index in [4.69, 9.17) is 4.74 Å². The van der Waals surface area contributed by atoms with Gasteiger partial charge in [-0.15, -0.1) is 0 Å². The maximum absolute atomic E-state index is 11.5. The largest absolute Gasteiger partial charge is 0.462 e. The summed E-state index contributed by atoms with van der Waals surface area (Å²) in [6.45, 7) is 12.2. The number of rotatable bonds is 2. The minimum atomic E-state index is -0.316. The van der Waals surface area contributed by atoms with E-state index in [2.05, 4.69) is 27.4 Å². The van der Waals surface area contributed by atoms with Gasteiger partial charge >= 0.3 is 5.97 Å². The van der Waals surface area contributed by atoms with Crippen molar-refractivity contribution in [1.82, 2.24) is 0 Å². The number of fused-ring (bicyclic) bond motifs is 1. The van der Waals surface area contributed by atoms with Crippen molar-refractivity contribution in [1.29, 1.82) is 0 Å². The summed E-state index contributed by atoms with van der Waals surface area (Å²) in [7, 11) is 0. The minimum Gasteiger partial charge on any atom is -0.462 e. The molecule has 0 aliphatic heterocycles. The Morgan fingerprint density at radius 2 is 2.10 bits per heavy atom. The summed E-state index contributed by atoms with van der Waals surface area (Å²) < 4.78 is 5.71. The molecule has 2 rings (SSSR count). The Balaban J connectivity index is 2.37. The summed E-state index contributed by atoms with van der Waals surface area (Å²) in [6.07, 6.45) is 3.17. The highest BCUT2D eigenvalue weighted by Crippen LogP contribution is 2.55. The van der Waals surface area contributed by atoms with Gasteiger partial charge in [-0.3, -0.25) is 4.79 Å². The van der Waals surface area contributed by atoms with Crippen LogP contribution in [0, 0.1) is 23.2 Å². The maximum atomic E-state index is 11.5. The highest BCUT2D eigenvalue weighted by Gasteiger charge is 2.54. The first-order valence-corrected chi connectivity index (χ1v) is 7.80. The average Bonchev–Trinajstić information content (AvgIpc) is 2.33. The Morgan fingerprint density at radius 1 is 1.45 bits per heavy atom. The zero-order valence-corrected chi connectivity index (χ0v) is 13.2. The lowest BCUT2D eigenvalue weighted by molar-refractivity contribution is -0.172. The molecule has 1 N–H and O–H groups in total. The van der Waals surface area contributed by atoms with E-state index in [-0.39, 0.29) is 29.5 Å². The van der Waals surface area contributed by atoms with E-state index >= 15 is 0 Å². The van der Waals surface area contributed by atoms with Gasteiger partial charge in [-0.2, -0.15) is 0 Å². The number of carbonyl (C=O) groups is 1. The number of hydrogen-bond acceptors (Lipinski definition) is 3. The van der Waals surface area contributed by atoms with Gasteiger partial charge in [0.15, 0.2) is 0 Å². The molecule has 2 saturated carbocycles. The fourth-order valence-electron chi connectivity index (χ4n) is 4.36. The normalized spacial score (nSPS) is 41.4. The molecule has 5 atom stereocenters. The summed E-state index contributed by atoms with van der Waals surface area (Å²) in [6, 6.07) is 0. The number of ether oxygens (including phenoxy) is 1. The fourth-order valence-corrected chi connectivity index (χ4v) is 4.36. The topological polar surface area (TPSA) is 46.5 Å². The third kappa shape index (κ3) is 2.52. The number of aliphatic hydroxyl groups is 1. The molecule has 20 heavy (non-hydrogen) atoms. The number of aliphatic hydroxyl groups excluding tert-OH is 1. The molecule has 0 aromatic carbocycles. The molecule has 0 unspecified atom stereocenters. The Labute approximate surface area is 122 Å². The molecule has 114 valence electrons. The maximum Gasteiger partial charge on any atom is 0.302 e. The fraction of sp³-hybridized carbons (Fsp3) is 0.824. The standard InChI is InChI=1S/C17H28O3/c1-10(2)13-8-9-17(5)14(19)7-6-11(3)15(17)16(13)20-12(4)18/h10,13-16,19H,3,6-9H2,1-2,4-5H3/t13-,14+,15+,16+,17-/m0/s1. The van der Waals surface area contributed by atoms with Gasteiger partial charge in [0, 0.05) is 18.3 Å². The van der Waals surface area contributed by atoms with Crippen LogP contribution in [0.2, 0.25) is 0 Å². The summed E-state index contributed by atoms with van der Waals surface area (Å²) in [5.74, 6) is 0.698. The Kier molecular flexibility index (Phi) is 4.29. The lowest BCUT2D eigenvalue weighted by atomic mass is 9.53. The molecule has 3 heteroatoms. The van der Waals surface area contributed by atoms with E-state index in [1.165, 1.54) is 6.92 Å². The van der Waals surface area contributed by atoms with Crippen LogP contribution in [0.1, 0.15) is 53.4 Å². The van der Waals surface area contributed by atoms with E-state index in [1.54, 1.807) is 0 Å². The van der Waals surface area contributed by atoms with Crippen LogP contribution in [-0.2, 0) is 9.53 Å². The van der Waals surface area contributed by atoms with Gasteiger partial charge in [0.25, 0.3) is 0 Å². The molecule has 0 bridgehead atoms. The second-order valence-electron chi connectivity index (χ2n) is 7.22. The lowest BCUT2D eigenvalue weighted by Crippen LogP contribution is -2.55. The molecule has 2 aliphatic carbocycles. The third-order valence-electron chi connectivity index (χ3n) is 5.58. The zero-order chi connectivity index (χ0) is 15.1. The van der Waals surface area contributed by atoms with Crippen LogP contribution in [0.5, 0.6) is 0 Å². The monoisotopic (exact) mass is 280 g/mol. The van der Waals surface area contributed by atoms with Crippen molar-refractivity contribution in [3.8, 4) is 0 Å². The van der Waals surface area contributed by atoms with Gasteiger partial charge in [-0.25, -0.2) is 0 Å². The lowest BCUT2D eigenvalue weighted by Gasteiger charge is -2.55. The second-order valence-corrected chi connectivity index (χ2v) is 7.22. The van der Waals surface area contributed by atoms with Crippen molar-refractivity contribution < 1.29 is 14.6 Å². The van der Waals surface area contributed by atoms with Gasteiger partial charge in [0.05, 0.1) is 6.10 Å². The smallest absolute Gasteiger partial charge is 0.302 e. The molecule has 2 aliphatic rings. The van der Waals surface area contributed by atoms with Crippen molar-refractivity contribution in [3.63, 3.8) is 0 Å². The molecule has 2 fully saturated rings. The highest BCUT2D eigenvalue weighted by atomic mass is 16.5.